The predicted octanol–water partition coefficient (Wildman–Crippen LogP) is 3.95. The van der Waals surface area contributed by atoms with E-state index in [0.717, 1.165) is 17.7 Å². The lowest BCUT2D eigenvalue weighted by molar-refractivity contribution is -0.118. The number of hydrogen-bond donors (Lipinski definition) is 1. The number of fused-ring (bicyclic) bond motifs is 1. The van der Waals surface area contributed by atoms with E-state index in [1.165, 1.54) is 0 Å². The largest absolute Gasteiger partial charge is 0.483 e. The molecule has 5 heteroatoms. The van der Waals surface area contributed by atoms with Crippen molar-refractivity contribution >= 4 is 11.6 Å². The second-order valence-electron chi connectivity index (χ2n) is 5.75. The van der Waals surface area contributed by atoms with Gasteiger partial charge >= 0.3 is 0 Å². The minimum absolute atomic E-state index is 0.0398. The van der Waals surface area contributed by atoms with Crippen LogP contribution in [0.3, 0.4) is 0 Å². The minimum Gasteiger partial charge on any atom is -0.483 e. The summed E-state index contributed by atoms with van der Waals surface area (Å²) in [4.78, 5) is 12.1. The number of anilines is 1. The summed E-state index contributed by atoms with van der Waals surface area (Å²) >= 11 is 0. The van der Waals surface area contributed by atoms with Gasteiger partial charge < -0.3 is 19.5 Å². The van der Waals surface area contributed by atoms with Crippen molar-refractivity contribution in [2.75, 3.05) is 18.7 Å². The molecule has 0 bridgehead atoms. The first-order chi connectivity index (χ1) is 11.7. The third kappa shape index (κ3) is 3.62. The molecular formula is C19H21NO4. The van der Waals surface area contributed by atoms with Crippen molar-refractivity contribution in [1.29, 1.82) is 0 Å². The van der Waals surface area contributed by atoms with E-state index in [9.17, 15) is 4.79 Å². The molecular weight excluding hydrogens is 306 g/mol. The molecule has 0 saturated carbocycles. The van der Waals surface area contributed by atoms with Crippen molar-refractivity contribution in [3.63, 3.8) is 0 Å². The summed E-state index contributed by atoms with van der Waals surface area (Å²) in [6.07, 6.45) is 1.02. The van der Waals surface area contributed by atoms with Crippen LogP contribution in [0.1, 0.15) is 31.7 Å². The molecule has 1 amide bonds. The minimum atomic E-state index is -0.215. The van der Waals surface area contributed by atoms with Gasteiger partial charge in [-0.05, 0) is 36.1 Å². The number of carbonyl (C=O) groups excluding carboxylic acids is 1. The highest BCUT2D eigenvalue weighted by Crippen LogP contribution is 2.34. The van der Waals surface area contributed by atoms with E-state index in [4.69, 9.17) is 14.2 Å². The second kappa shape index (κ2) is 7.25. The van der Waals surface area contributed by atoms with Crippen LogP contribution in [-0.4, -0.2) is 19.3 Å². The topological polar surface area (TPSA) is 56.8 Å². The highest BCUT2D eigenvalue weighted by molar-refractivity contribution is 5.92. The standard InChI is InChI=1S/C19H21NO4/c1-3-13(2)15-6-4-5-7-16(15)22-11-19(21)20-14-8-9-17-18(10-14)24-12-23-17/h4-10,13H,3,11-12H2,1-2H3,(H,20,21)/t13-/m0/s1. The van der Waals surface area contributed by atoms with Crippen LogP contribution in [0.2, 0.25) is 0 Å². The first-order valence-electron chi connectivity index (χ1n) is 8.08. The fraction of sp³-hybridized carbons (Fsp3) is 0.316. The fourth-order valence-corrected chi connectivity index (χ4v) is 2.55. The fourth-order valence-electron chi connectivity index (χ4n) is 2.55. The van der Waals surface area contributed by atoms with Crippen LogP contribution in [0.4, 0.5) is 5.69 Å². The molecule has 126 valence electrons. The van der Waals surface area contributed by atoms with Crippen LogP contribution in [0.25, 0.3) is 0 Å². The van der Waals surface area contributed by atoms with E-state index in [2.05, 4.69) is 19.2 Å². The molecule has 1 aliphatic heterocycles. The number of hydrogen-bond acceptors (Lipinski definition) is 4. The van der Waals surface area contributed by atoms with Gasteiger partial charge in [-0.1, -0.05) is 32.0 Å². The third-order valence-corrected chi connectivity index (χ3v) is 4.08. The van der Waals surface area contributed by atoms with E-state index in [1.54, 1.807) is 18.2 Å². The molecule has 0 unspecified atom stereocenters. The van der Waals surface area contributed by atoms with Crippen LogP contribution < -0.4 is 19.5 Å². The molecule has 0 radical (unpaired) electrons. The summed E-state index contributed by atoms with van der Waals surface area (Å²) in [5, 5.41) is 2.81. The Hall–Kier alpha value is -2.69. The van der Waals surface area contributed by atoms with Crippen molar-refractivity contribution in [3.05, 3.63) is 48.0 Å². The van der Waals surface area contributed by atoms with Gasteiger partial charge in [-0.2, -0.15) is 0 Å². The van der Waals surface area contributed by atoms with Crippen molar-refractivity contribution in [3.8, 4) is 17.2 Å². The average Bonchev–Trinajstić information content (AvgIpc) is 3.07. The van der Waals surface area contributed by atoms with Gasteiger partial charge in [-0.3, -0.25) is 4.79 Å². The molecule has 1 aliphatic rings. The third-order valence-electron chi connectivity index (χ3n) is 4.08. The van der Waals surface area contributed by atoms with Gasteiger partial charge in [0.15, 0.2) is 18.1 Å². The quantitative estimate of drug-likeness (QED) is 0.873. The first kappa shape index (κ1) is 16.2. The van der Waals surface area contributed by atoms with Gasteiger partial charge in [0.05, 0.1) is 0 Å². The first-order valence-corrected chi connectivity index (χ1v) is 8.08. The number of rotatable bonds is 6. The van der Waals surface area contributed by atoms with Gasteiger partial charge in [0.2, 0.25) is 6.79 Å². The summed E-state index contributed by atoms with van der Waals surface area (Å²) in [7, 11) is 0. The average molecular weight is 327 g/mol. The number of nitrogens with one attached hydrogen (secondary N) is 1. The molecule has 0 spiro atoms. The van der Waals surface area contributed by atoms with Crippen LogP contribution in [0.15, 0.2) is 42.5 Å². The Bertz CT molecular complexity index is 729. The smallest absolute Gasteiger partial charge is 0.262 e. The molecule has 0 fully saturated rings. The van der Waals surface area contributed by atoms with Crippen LogP contribution >= 0.6 is 0 Å². The van der Waals surface area contributed by atoms with E-state index in [0.29, 0.717) is 23.1 Å². The van der Waals surface area contributed by atoms with E-state index in [1.807, 2.05) is 24.3 Å². The zero-order valence-corrected chi connectivity index (χ0v) is 13.9. The van der Waals surface area contributed by atoms with Gasteiger partial charge in [0.25, 0.3) is 5.91 Å². The summed E-state index contributed by atoms with van der Waals surface area (Å²) in [5.41, 5.74) is 1.78. The molecule has 1 N–H and O–H groups in total. The second-order valence-corrected chi connectivity index (χ2v) is 5.75. The van der Waals surface area contributed by atoms with E-state index in [-0.39, 0.29) is 19.3 Å². The Labute approximate surface area is 141 Å². The molecule has 1 heterocycles. The summed E-state index contributed by atoms with van der Waals surface area (Å²) in [6, 6.07) is 13.1. The Morgan fingerprint density at radius 3 is 2.83 bits per heavy atom. The molecule has 5 nitrogen and oxygen atoms in total. The van der Waals surface area contributed by atoms with E-state index < -0.39 is 0 Å². The van der Waals surface area contributed by atoms with Gasteiger partial charge in [-0.15, -0.1) is 0 Å². The van der Waals surface area contributed by atoms with Crippen LogP contribution in [0, 0.1) is 0 Å². The molecule has 2 aromatic rings. The predicted molar refractivity (Wildman–Crippen MR) is 91.8 cm³/mol. The van der Waals surface area contributed by atoms with Gasteiger partial charge in [-0.25, -0.2) is 0 Å². The molecule has 0 saturated heterocycles. The molecule has 0 aromatic heterocycles. The summed E-state index contributed by atoms with van der Waals surface area (Å²) in [5.74, 6) is 2.25. The Balaban J connectivity index is 1.60. The number of amides is 1. The van der Waals surface area contributed by atoms with Gasteiger partial charge in [0, 0.05) is 11.8 Å². The van der Waals surface area contributed by atoms with Crippen LogP contribution in [-0.2, 0) is 4.79 Å². The maximum absolute atomic E-state index is 12.1. The maximum Gasteiger partial charge on any atom is 0.262 e. The lowest BCUT2D eigenvalue weighted by atomic mass is 9.98. The van der Waals surface area contributed by atoms with Crippen molar-refractivity contribution < 1.29 is 19.0 Å². The van der Waals surface area contributed by atoms with Crippen molar-refractivity contribution in [2.24, 2.45) is 0 Å². The molecule has 24 heavy (non-hydrogen) atoms. The SMILES string of the molecule is CC[C@H](C)c1ccccc1OCC(=O)Nc1ccc2c(c1)OCO2. The lowest BCUT2D eigenvalue weighted by Crippen LogP contribution is -2.20. The molecule has 2 aromatic carbocycles. The lowest BCUT2D eigenvalue weighted by Gasteiger charge is -2.15. The zero-order chi connectivity index (χ0) is 16.9. The normalized spacial score (nSPS) is 13.4. The number of carbonyl (C=O) groups is 1. The maximum atomic E-state index is 12.1. The molecule has 0 aliphatic carbocycles. The zero-order valence-electron chi connectivity index (χ0n) is 13.9. The Morgan fingerprint density at radius 2 is 2.00 bits per heavy atom. The summed E-state index contributed by atoms with van der Waals surface area (Å²) in [6.45, 7) is 4.45. The van der Waals surface area contributed by atoms with Crippen molar-refractivity contribution in [1.82, 2.24) is 0 Å². The summed E-state index contributed by atoms with van der Waals surface area (Å²) < 4.78 is 16.3. The number of para-hydroxylation sites is 1. The Morgan fingerprint density at radius 1 is 1.21 bits per heavy atom. The highest BCUT2D eigenvalue weighted by atomic mass is 16.7. The molecule has 3 rings (SSSR count). The molecule has 1 atom stereocenters. The highest BCUT2D eigenvalue weighted by Gasteiger charge is 2.15. The van der Waals surface area contributed by atoms with Crippen molar-refractivity contribution in [2.45, 2.75) is 26.2 Å². The number of ether oxygens (including phenoxy) is 3. The van der Waals surface area contributed by atoms with Gasteiger partial charge in [0.1, 0.15) is 5.75 Å². The van der Waals surface area contributed by atoms with Crippen LogP contribution in [0.5, 0.6) is 17.2 Å². The number of benzene rings is 2. The Kier molecular flexibility index (Phi) is 4.89. The monoisotopic (exact) mass is 327 g/mol. The van der Waals surface area contributed by atoms with E-state index >= 15 is 0 Å².